The average Bonchev–Trinajstić information content (AvgIpc) is 2.63. The van der Waals surface area contributed by atoms with E-state index in [1.807, 2.05) is 13.0 Å². The van der Waals surface area contributed by atoms with Crippen molar-refractivity contribution >= 4 is 5.69 Å². The second kappa shape index (κ2) is 4.50. The first-order chi connectivity index (χ1) is 7.69. The molecule has 1 aromatic rings. The third-order valence-corrected chi connectivity index (χ3v) is 2.76. The first-order valence-corrected chi connectivity index (χ1v) is 5.28. The van der Waals surface area contributed by atoms with Crippen LogP contribution in [0.1, 0.15) is 18.9 Å². The van der Waals surface area contributed by atoms with Crippen LogP contribution in [0.25, 0.3) is 0 Å². The molecule has 0 saturated carbocycles. The van der Waals surface area contributed by atoms with Crippen molar-refractivity contribution in [3.05, 3.63) is 29.6 Å². The fourth-order valence-corrected chi connectivity index (χ4v) is 1.87. The van der Waals surface area contributed by atoms with Crippen LogP contribution in [-0.2, 0) is 4.74 Å². The molecule has 1 heterocycles. The van der Waals surface area contributed by atoms with Gasteiger partial charge < -0.3 is 10.1 Å². The second-order valence-electron chi connectivity index (χ2n) is 3.96. The van der Waals surface area contributed by atoms with E-state index in [1.54, 1.807) is 6.07 Å². The van der Waals surface area contributed by atoms with Crippen LogP contribution in [0.15, 0.2) is 18.2 Å². The van der Waals surface area contributed by atoms with Gasteiger partial charge in [-0.05, 0) is 31.5 Å². The molecule has 1 aliphatic rings. The SMILES string of the molecule is CC1OCCC1Nc1cc(F)cc(C#N)c1. The summed E-state index contributed by atoms with van der Waals surface area (Å²) in [5.74, 6) is -0.395. The Morgan fingerprint density at radius 3 is 2.94 bits per heavy atom. The topological polar surface area (TPSA) is 45.0 Å². The lowest BCUT2D eigenvalue weighted by Crippen LogP contribution is -2.26. The van der Waals surface area contributed by atoms with E-state index in [-0.39, 0.29) is 12.1 Å². The predicted octanol–water partition coefficient (Wildman–Crippen LogP) is 2.29. The van der Waals surface area contributed by atoms with E-state index in [1.165, 1.54) is 12.1 Å². The van der Waals surface area contributed by atoms with Gasteiger partial charge in [-0.15, -0.1) is 0 Å². The highest BCUT2D eigenvalue weighted by Gasteiger charge is 2.23. The minimum Gasteiger partial charge on any atom is -0.379 e. The van der Waals surface area contributed by atoms with Crippen molar-refractivity contribution in [3.63, 3.8) is 0 Å². The predicted molar refractivity (Wildman–Crippen MR) is 58.6 cm³/mol. The Kier molecular flexibility index (Phi) is 3.07. The van der Waals surface area contributed by atoms with Gasteiger partial charge in [-0.1, -0.05) is 0 Å². The largest absolute Gasteiger partial charge is 0.379 e. The van der Waals surface area contributed by atoms with Crippen molar-refractivity contribution in [3.8, 4) is 6.07 Å². The number of benzene rings is 1. The molecule has 1 saturated heterocycles. The Bertz CT molecular complexity index is 428. The van der Waals surface area contributed by atoms with Gasteiger partial charge in [-0.25, -0.2) is 4.39 Å². The zero-order valence-electron chi connectivity index (χ0n) is 9.03. The summed E-state index contributed by atoms with van der Waals surface area (Å²) in [4.78, 5) is 0. The number of nitrogens with zero attached hydrogens (tertiary/aromatic N) is 1. The number of hydrogen-bond acceptors (Lipinski definition) is 3. The van der Waals surface area contributed by atoms with Crippen LogP contribution in [0.5, 0.6) is 0 Å². The fourth-order valence-electron chi connectivity index (χ4n) is 1.87. The van der Waals surface area contributed by atoms with Gasteiger partial charge in [0.15, 0.2) is 0 Å². The van der Waals surface area contributed by atoms with Crippen molar-refractivity contribution in [1.82, 2.24) is 0 Å². The molecule has 4 heteroatoms. The molecule has 3 nitrogen and oxygen atoms in total. The molecule has 16 heavy (non-hydrogen) atoms. The molecular formula is C12H13FN2O. The third kappa shape index (κ3) is 2.31. The summed E-state index contributed by atoms with van der Waals surface area (Å²) in [7, 11) is 0. The van der Waals surface area contributed by atoms with Crippen LogP contribution in [-0.4, -0.2) is 18.8 Å². The molecule has 1 fully saturated rings. The highest BCUT2D eigenvalue weighted by atomic mass is 19.1. The van der Waals surface area contributed by atoms with E-state index < -0.39 is 5.82 Å². The summed E-state index contributed by atoms with van der Waals surface area (Å²) in [6, 6.07) is 6.38. The molecule has 0 bridgehead atoms. The molecule has 0 amide bonds. The van der Waals surface area contributed by atoms with Crippen LogP contribution in [0.3, 0.4) is 0 Å². The summed E-state index contributed by atoms with van der Waals surface area (Å²) in [6.07, 6.45) is 1.02. The summed E-state index contributed by atoms with van der Waals surface area (Å²) in [5, 5.41) is 11.9. The lowest BCUT2D eigenvalue weighted by atomic mass is 10.1. The number of halogens is 1. The molecule has 1 N–H and O–H groups in total. The Morgan fingerprint density at radius 1 is 1.50 bits per heavy atom. The number of ether oxygens (including phenoxy) is 1. The number of rotatable bonds is 2. The van der Waals surface area contributed by atoms with Gasteiger partial charge in [0.25, 0.3) is 0 Å². The molecule has 84 valence electrons. The molecule has 0 spiro atoms. The van der Waals surface area contributed by atoms with E-state index in [4.69, 9.17) is 10.00 Å². The summed E-state index contributed by atoms with van der Waals surface area (Å²) in [5.41, 5.74) is 0.966. The van der Waals surface area contributed by atoms with Gasteiger partial charge in [-0.2, -0.15) is 5.26 Å². The Hall–Kier alpha value is -1.60. The van der Waals surface area contributed by atoms with E-state index in [9.17, 15) is 4.39 Å². The van der Waals surface area contributed by atoms with Crippen LogP contribution in [0.2, 0.25) is 0 Å². The molecule has 1 aromatic carbocycles. The summed E-state index contributed by atoms with van der Waals surface area (Å²) >= 11 is 0. The minimum atomic E-state index is -0.395. The lowest BCUT2D eigenvalue weighted by Gasteiger charge is -2.17. The molecular weight excluding hydrogens is 207 g/mol. The maximum atomic E-state index is 13.2. The summed E-state index contributed by atoms with van der Waals surface area (Å²) in [6.45, 7) is 2.70. The number of anilines is 1. The van der Waals surface area contributed by atoms with Crippen LogP contribution >= 0.6 is 0 Å². The first kappa shape index (κ1) is 10.9. The zero-order valence-corrected chi connectivity index (χ0v) is 9.03. The smallest absolute Gasteiger partial charge is 0.126 e. The van der Waals surface area contributed by atoms with Gasteiger partial charge in [-0.3, -0.25) is 0 Å². The number of hydrogen-bond donors (Lipinski definition) is 1. The highest BCUT2D eigenvalue weighted by Crippen LogP contribution is 2.20. The standard InChI is InChI=1S/C12H13FN2O/c1-8-12(2-3-16-8)15-11-5-9(7-14)4-10(13)6-11/h4-6,8,12,15H,2-3H2,1H3. The molecule has 0 aromatic heterocycles. The van der Waals surface area contributed by atoms with Crippen LogP contribution in [0.4, 0.5) is 10.1 Å². The lowest BCUT2D eigenvalue weighted by molar-refractivity contribution is 0.121. The number of nitrogens with one attached hydrogen (secondary N) is 1. The van der Waals surface area contributed by atoms with Gasteiger partial charge in [0.2, 0.25) is 0 Å². The molecule has 0 aliphatic carbocycles. The van der Waals surface area contributed by atoms with Gasteiger partial charge in [0, 0.05) is 12.3 Å². The van der Waals surface area contributed by atoms with Crippen molar-refractivity contribution < 1.29 is 9.13 Å². The van der Waals surface area contributed by atoms with Crippen LogP contribution < -0.4 is 5.32 Å². The van der Waals surface area contributed by atoms with Crippen LogP contribution in [0, 0.1) is 17.1 Å². The molecule has 2 rings (SSSR count). The van der Waals surface area contributed by atoms with Gasteiger partial charge in [0.1, 0.15) is 5.82 Å². The van der Waals surface area contributed by atoms with E-state index in [0.717, 1.165) is 13.0 Å². The van der Waals surface area contributed by atoms with E-state index in [0.29, 0.717) is 11.3 Å². The highest BCUT2D eigenvalue weighted by molar-refractivity contribution is 5.50. The summed E-state index contributed by atoms with van der Waals surface area (Å²) < 4.78 is 18.6. The monoisotopic (exact) mass is 220 g/mol. The van der Waals surface area contributed by atoms with Crippen molar-refractivity contribution in [2.24, 2.45) is 0 Å². The minimum absolute atomic E-state index is 0.119. The Labute approximate surface area is 93.8 Å². The average molecular weight is 220 g/mol. The maximum absolute atomic E-state index is 13.2. The van der Waals surface area contributed by atoms with E-state index >= 15 is 0 Å². The first-order valence-electron chi connectivity index (χ1n) is 5.28. The molecule has 2 unspecified atom stereocenters. The third-order valence-electron chi connectivity index (χ3n) is 2.76. The Morgan fingerprint density at radius 2 is 2.31 bits per heavy atom. The molecule has 1 aliphatic heterocycles. The fraction of sp³-hybridized carbons (Fsp3) is 0.417. The quantitative estimate of drug-likeness (QED) is 0.831. The van der Waals surface area contributed by atoms with Gasteiger partial charge >= 0.3 is 0 Å². The second-order valence-corrected chi connectivity index (χ2v) is 3.96. The molecule has 2 atom stereocenters. The van der Waals surface area contributed by atoms with Gasteiger partial charge in [0.05, 0.1) is 23.8 Å². The van der Waals surface area contributed by atoms with E-state index in [2.05, 4.69) is 5.32 Å². The number of nitriles is 1. The van der Waals surface area contributed by atoms with Crippen molar-refractivity contribution in [1.29, 1.82) is 5.26 Å². The zero-order chi connectivity index (χ0) is 11.5. The Balaban J connectivity index is 2.15. The maximum Gasteiger partial charge on any atom is 0.126 e. The van der Waals surface area contributed by atoms with Crippen molar-refractivity contribution in [2.45, 2.75) is 25.5 Å². The molecule has 0 radical (unpaired) electrons. The normalized spacial score (nSPS) is 24.1. The van der Waals surface area contributed by atoms with Crippen molar-refractivity contribution in [2.75, 3.05) is 11.9 Å².